The molecule has 2 aliphatic heterocycles. The molecule has 3 rings (SSSR count). The molecule has 2 aliphatic rings. The molecular weight excluding hydrogens is 310 g/mol. The number of piperidine rings is 1. The summed E-state index contributed by atoms with van der Waals surface area (Å²) in [6.07, 6.45) is 0.172. The van der Waals surface area contributed by atoms with E-state index < -0.39 is 17.7 Å². The van der Waals surface area contributed by atoms with Gasteiger partial charge in [-0.1, -0.05) is 30.3 Å². The summed E-state index contributed by atoms with van der Waals surface area (Å²) in [4.78, 5) is 37.9. The molecule has 0 radical (unpaired) electrons. The van der Waals surface area contributed by atoms with Crippen LogP contribution in [0.15, 0.2) is 30.3 Å². The Morgan fingerprint density at radius 3 is 2.46 bits per heavy atom. The molecule has 1 unspecified atom stereocenters. The van der Waals surface area contributed by atoms with Crippen LogP contribution in [0.25, 0.3) is 0 Å². The van der Waals surface area contributed by atoms with Crippen LogP contribution < -0.4 is 10.6 Å². The van der Waals surface area contributed by atoms with Gasteiger partial charge >= 0.3 is 6.03 Å². The van der Waals surface area contributed by atoms with Gasteiger partial charge in [0.1, 0.15) is 5.54 Å². The Labute approximate surface area is 140 Å². The zero-order valence-corrected chi connectivity index (χ0v) is 13.6. The lowest BCUT2D eigenvalue weighted by atomic mass is 9.87. The minimum Gasteiger partial charge on any atom is -0.364 e. The van der Waals surface area contributed by atoms with E-state index in [0.717, 1.165) is 5.56 Å². The third-order valence-corrected chi connectivity index (χ3v) is 4.60. The lowest BCUT2D eigenvalue weighted by molar-refractivity contribution is -0.147. The SMILES string of the molecule is CCOC(C(=O)N1CCC2(CC1)NC(=O)NC2=O)c1ccccc1. The van der Waals surface area contributed by atoms with Crippen molar-refractivity contribution >= 4 is 17.8 Å². The largest absolute Gasteiger partial charge is 0.364 e. The fraction of sp³-hybridized carbons (Fsp3) is 0.471. The van der Waals surface area contributed by atoms with Crippen LogP contribution in [0.4, 0.5) is 4.79 Å². The number of benzene rings is 1. The van der Waals surface area contributed by atoms with Crippen molar-refractivity contribution in [3.05, 3.63) is 35.9 Å². The smallest absolute Gasteiger partial charge is 0.322 e. The summed E-state index contributed by atoms with van der Waals surface area (Å²) in [5, 5.41) is 4.97. The zero-order chi connectivity index (χ0) is 17.2. The van der Waals surface area contributed by atoms with E-state index in [0.29, 0.717) is 32.5 Å². The molecule has 1 aromatic rings. The fourth-order valence-electron chi connectivity index (χ4n) is 3.26. The van der Waals surface area contributed by atoms with Crippen LogP contribution >= 0.6 is 0 Å². The summed E-state index contributed by atoms with van der Waals surface area (Å²) in [6.45, 7) is 3.10. The number of rotatable bonds is 4. The second-order valence-corrected chi connectivity index (χ2v) is 6.06. The summed E-state index contributed by atoms with van der Waals surface area (Å²) in [6, 6.07) is 8.92. The van der Waals surface area contributed by atoms with E-state index in [9.17, 15) is 14.4 Å². The van der Waals surface area contributed by atoms with Crippen LogP contribution in [0.5, 0.6) is 0 Å². The molecule has 1 spiro atoms. The van der Waals surface area contributed by atoms with Crippen molar-refractivity contribution in [2.45, 2.75) is 31.4 Å². The van der Waals surface area contributed by atoms with Gasteiger partial charge in [-0.05, 0) is 25.3 Å². The van der Waals surface area contributed by atoms with Gasteiger partial charge in [0.25, 0.3) is 11.8 Å². The first-order valence-corrected chi connectivity index (χ1v) is 8.15. The normalized spacial score (nSPS) is 20.6. The molecule has 0 saturated carbocycles. The van der Waals surface area contributed by atoms with E-state index in [1.54, 1.807) is 4.90 Å². The highest BCUT2D eigenvalue weighted by atomic mass is 16.5. The number of carbonyl (C=O) groups excluding carboxylic acids is 3. The topological polar surface area (TPSA) is 87.7 Å². The highest BCUT2D eigenvalue weighted by Gasteiger charge is 2.48. The molecule has 24 heavy (non-hydrogen) atoms. The van der Waals surface area contributed by atoms with Crippen LogP contribution in [0.3, 0.4) is 0 Å². The quantitative estimate of drug-likeness (QED) is 0.805. The van der Waals surface area contributed by atoms with Crippen LogP contribution in [-0.4, -0.2) is 48.0 Å². The second-order valence-electron chi connectivity index (χ2n) is 6.06. The standard InChI is InChI=1S/C17H21N3O4/c1-2-24-13(12-6-4-3-5-7-12)14(21)20-10-8-17(9-11-20)15(22)18-16(23)19-17/h3-7,13H,2,8-11H2,1H3,(H2,18,19,22,23). The average Bonchev–Trinajstić information content (AvgIpc) is 2.87. The number of ether oxygens (including phenoxy) is 1. The predicted octanol–water partition coefficient (Wildman–Crippen LogP) is 0.965. The van der Waals surface area contributed by atoms with E-state index >= 15 is 0 Å². The first-order valence-electron chi connectivity index (χ1n) is 8.15. The number of nitrogens with one attached hydrogen (secondary N) is 2. The van der Waals surface area contributed by atoms with Crippen LogP contribution in [0.1, 0.15) is 31.4 Å². The Morgan fingerprint density at radius 2 is 1.92 bits per heavy atom. The van der Waals surface area contributed by atoms with Gasteiger partial charge in [0, 0.05) is 19.7 Å². The lowest BCUT2D eigenvalue weighted by Gasteiger charge is -2.38. The number of urea groups is 1. The molecule has 1 atom stereocenters. The number of imide groups is 1. The van der Waals surface area contributed by atoms with Crippen LogP contribution in [-0.2, 0) is 14.3 Å². The fourth-order valence-corrected chi connectivity index (χ4v) is 3.26. The molecule has 2 heterocycles. The maximum Gasteiger partial charge on any atom is 0.322 e. The molecule has 7 heteroatoms. The molecule has 0 aromatic heterocycles. The molecule has 0 bridgehead atoms. The molecule has 0 aliphatic carbocycles. The van der Waals surface area contributed by atoms with Gasteiger partial charge in [-0.25, -0.2) is 4.79 Å². The highest BCUT2D eigenvalue weighted by Crippen LogP contribution is 2.28. The Bertz CT molecular complexity index is 638. The van der Waals surface area contributed by atoms with Crippen molar-refractivity contribution < 1.29 is 19.1 Å². The van der Waals surface area contributed by atoms with Gasteiger partial charge in [-0.2, -0.15) is 0 Å². The molecular formula is C17H21N3O4. The Balaban J connectivity index is 1.69. The molecule has 7 nitrogen and oxygen atoms in total. The van der Waals surface area contributed by atoms with Crippen molar-refractivity contribution in [1.82, 2.24) is 15.5 Å². The van der Waals surface area contributed by atoms with E-state index in [1.165, 1.54) is 0 Å². The molecule has 1 aromatic carbocycles. The zero-order valence-electron chi connectivity index (χ0n) is 13.6. The Hall–Kier alpha value is -2.41. The number of likely N-dealkylation sites (tertiary alicyclic amines) is 1. The van der Waals surface area contributed by atoms with Crippen LogP contribution in [0, 0.1) is 0 Å². The van der Waals surface area contributed by atoms with Crippen molar-refractivity contribution in [2.75, 3.05) is 19.7 Å². The first kappa shape index (κ1) is 16.4. The van der Waals surface area contributed by atoms with Gasteiger partial charge in [0.15, 0.2) is 6.10 Å². The number of hydrogen-bond acceptors (Lipinski definition) is 4. The third-order valence-electron chi connectivity index (χ3n) is 4.60. The lowest BCUT2D eigenvalue weighted by Crippen LogP contribution is -2.56. The number of carbonyl (C=O) groups is 3. The summed E-state index contributed by atoms with van der Waals surface area (Å²) in [5.74, 6) is -0.411. The molecule has 2 N–H and O–H groups in total. The minimum atomic E-state index is -0.873. The number of amides is 4. The van der Waals surface area contributed by atoms with E-state index in [1.807, 2.05) is 37.3 Å². The first-order chi connectivity index (χ1) is 11.6. The van der Waals surface area contributed by atoms with Crippen molar-refractivity contribution in [3.8, 4) is 0 Å². The molecule has 4 amide bonds. The summed E-state index contributed by atoms with van der Waals surface area (Å²) >= 11 is 0. The van der Waals surface area contributed by atoms with Gasteiger partial charge in [0.2, 0.25) is 0 Å². The maximum absolute atomic E-state index is 12.9. The Morgan fingerprint density at radius 1 is 1.25 bits per heavy atom. The second kappa shape index (κ2) is 6.60. The maximum atomic E-state index is 12.9. The monoisotopic (exact) mass is 331 g/mol. The van der Waals surface area contributed by atoms with Gasteiger partial charge in [0.05, 0.1) is 0 Å². The third kappa shape index (κ3) is 2.99. The Kier molecular flexibility index (Phi) is 4.53. The van der Waals surface area contributed by atoms with Crippen LogP contribution in [0.2, 0.25) is 0 Å². The number of hydrogen-bond donors (Lipinski definition) is 2. The molecule has 128 valence electrons. The van der Waals surface area contributed by atoms with Gasteiger partial charge in [-0.3, -0.25) is 14.9 Å². The summed E-state index contributed by atoms with van der Waals surface area (Å²) in [5.41, 5.74) is -0.0570. The molecule has 2 saturated heterocycles. The minimum absolute atomic E-state index is 0.109. The van der Waals surface area contributed by atoms with Crippen molar-refractivity contribution in [1.29, 1.82) is 0 Å². The summed E-state index contributed by atoms with van der Waals surface area (Å²) in [7, 11) is 0. The number of nitrogens with zero attached hydrogens (tertiary/aromatic N) is 1. The van der Waals surface area contributed by atoms with E-state index in [-0.39, 0.29) is 11.8 Å². The molecule has 2 fully saturated rings. The summed E-state index contributed by atoms with van der Waals surface area (Å²) < 4.78 is 5.66. The highest BCUT2D eigenvalue weighted by molar-refractivity contribution is 6.07. The van der Waals surface area contributed by atoms with E-state index in [4.69, 9.17) is 4.74 Å². The van der Waals surface area contributed by atoms with Gasteiger partial charge in [-0.15, -0.1) is 0 Å². The average molecular weight is 331 g/mol. The van der Waals surface area contributed by atoms with Gasteiger partial charge < -0.3 is 15.0 Å². The van der Waals surface area contributed by atoms with E-state index in [2.05, 4.69) is 10.6 Å². The van der Waals surface area contributed by atoms with Crippen molar-refractivity contribution in [3.63, 3.8) is 0 Å². The van der Waals surface area contributed by atoms with Crippen molar-refractivity contribution in [2.24, 2.45) is 0 Å². The predicted molar refractivity (Wildman–Crippen MR) is 86.0 cm³/mol.